The number of carbonyl (C=O) groups is 1. The van der Waals surface area contributed by atoms with Gasteiger partial charge in [0.1, 0.15) is 5.58 Å². The number of hydrogen-bond acceptors (Lipinski definition) is 4. The van der Waals surface area contributed by atoms with Crippen molar-refractivity contribution in [1.29, 1.82) is 0 Å². The molecule has 0 atom stereocenters. The van der Waals surface area contributed by atoms with Crippen LogP contribution in [0.3, 0.4) is 0 Å². The standard InChI is InChI=1S/C18H17NO5/c1-3-5-10-16-11(13(20)6-7-19(16)4-2)8-12-14(21)9-15(18(22)23)24-17(10)12/h6-9H,3-5H2,1-2H3,(H,22,23). The molecule has 6 nitrogen and oxygen atoms in total. The third kappa shape index (κ3) is 2.40. The first kappa shape index (κ1) is 16.0. The van der Waals surface area contributed by atoms with Gasteiger partial charge in [0.15, 0.2) is 10.9 Å². The molecule has 3 rings (SSSR count). The highest BCUT2D eigenvalue weighted by Gasteiger charge is 2.18. The van der Waals surface area contributed by atoms with E-state index < -0.39 is 17.2 Å². The first-order chi connectivity index (χ1) is 11.5. The molecule has 0 aliphatic carbocycles. The fourth-order valence-electron chi connectivity index (χ4n) is 3.04. The van der Waals surface area contributed by atoms with Crippen LogP contribution in [0.2, 0.25) is 0 Å². The number of carboxylic acid groups (broad SMARTS) is 1. The molecule has 2 aromatic heterocycles. The molecule has 0 saturated heterocycles. The van der Waals surface area contributed by atoms with Crippen molar-refractivity contribution in [1.82, 2.24) is 4.57 Å². The Labute approximate surface area is 136 Å². The van der Waals surface area contributed by atoms with Crippen LogP contribution >= 0.6 is 0 Å². The zero-order chi connectivity index (χ0) is 17.4. The van der Waals surface area contributed by atoms with Crippen molar-refractivity contribution in [2.24, 2.45) is 0 Å². The molecule has 0 aliphatic heterocycles. The number of nitrogens with zero attached hydrogens (tertiary/aromatic N) is 1. The first-order valence-electron chi connectivity index (χ1n) is 7.84. The molecule has 24 heavy (non-hydrogen) atoms. The number of pyridine rings is 1. The number of fused-ring (bicyclic) bond motifs is 2. The second kappa shape index (κ2) is 5.96. The number of rotatable bonds is 4. The summed E-state index contributed by atoms with van der Waals surface area (Å²) < 4.78 is 7.43. The van der Waals surface area contributed by atoms with E-state index in [4.69, 9.17) is 9.52 Å². The van der Waals surface area contributed by atoms with E-state index in [0.717, 1.165) is 12.5 Å². The highest BCUT2D eigenvalue weighted by atomic mass is 16.4. The van der Waals surface area contributed by atoms with Crippen LogP contribution in [0, 0.1) is 0 Å². The zero-order valence-corrected chi connectivity index (χ0v) is 13.5. The molecule has 0 amide bonds. The lowest BCUT2D eigenvalue weighted by molar-refractivity contribution is 0.0663. The molecular formula is C18H17NO5. The quantitative estimate of drug-likeness (QED) is 0.744. The van der Waals surface area contributed by atoms with Gasteiger partial charge in [-0.25, -0.2) is 4.79 Å². The van der Waals surface area contributed by atoms with Crippen LogP contribution in [-0.2, 0) is 13.0 Å². The molecule has 1 N–H and O–H groups in total. The van der Waals surface area contributed by atoms with Crippen molar-refractivity contribution >= 4 is 27.8 Å². The van der Waals surface area contributed by atoms with Gasteiger partial charge < -0.3 is 14.1 Å². The van der Waals surface area contributed by atoms with Crippen molar-refractivity contribution in [3.63, 3.8) is 0 Å². The highest BCUT2D eigenvalue weighted by molar-refractivity contribution is 5.99. The predicted molar refractivity (Wildman–Crippen MR) is 90.9 cm³/mol. The molecular weight excluding hydrogens is 310 g/mol. The van der Waals surface area contributed by atoms with Crippen LogP contribution in [0.25, 0.3) is 21.9 Å². The van der Waals surface area contributed by atoms with Gasteiger partial charge in [-0.2, -0.15) is 0 Å². The summed E-state index contributed by atoms with van der Waals surface area (Å²) in [6.07, 6.45) is 3.04. The molecule has 1 aromatic carbocycles. The van der Waals surface area contributed by atoms with E-state index in [1.165, 1.54) is 12.1 Å². The van der Waals surface area contributed by atoms with Crippen molar-refractivity contribution in [2.45, 2.75) is 33.2 Å². The van der Waals surface area contributed by atoms with Gasteiger partial charge in [0.05, 0.1) is 10.9 Å². The lowest BCUT2D eigenvalue weighted by Crippen LogP contribution is -2.13. The second-order valence-electron chi connectivity index (χ2n) is 5.62. The normalized spacial score (nSPS) is 11.2. The first-order valence-corrected chi connectivity index (χ1v) is 7.84. The van der Waals surface area contributed by atoms with Gasteiger partial charge in [-0.1, -0.05) is 13.3 Å². The second-order valence-corrected chi connectivity index (χ2v) is 5.62. The predicted octanol–water partition coefficient (Wildman–Crippen LogP) is 2.78. The Bertz CT molecular complexity index is 1070. The Kier molecular flexibility index (Phi) is 3.97. The van der Waals surface area contributed by atoms with Crippen LogP contribution in [-0.4, -0.2) is 15.6 Å². The highest BCUT2D eigenvalue weighted by Crippen LogP contribution is 2.27. The fourth-order valence-corrected chi connectivity index (χ4v) is 3.04. The molecule has 2 heterocycles. The number of aromatic nitrogens is 1. The van der Waals surface area contributed by atoms with Crippen LogP contribution in [0.1, 0.15) is 36.4 Å². The van der Waals surface area contributed by atoms with Crippen LogP contribution in [0.15, 0.2) is 38.4 Å². The van der Waals surface area contributed by atoms with Gasteiger partial charge in [-0.3, -0.25) is 9.59 Å². The minimum atomic E-state index is -1.29. The Morgan fingerprint density at radius 3 is 2.54 bits per heavy atom. The summed E-state index contributed by atoms with van der Waals surface area (Å²) >= 11 is 0. The minimum Gasteiger partial charge on any atom is -0.475 e. The Morgan fingerprint density at radius 1 is 1.17 bits per heavy atom. The average molecular weight is 327 g/mol. The van der Waals surface area contributed by atoms with Gasteiger partial charge >= 0.3 is 5.97 Å². The summed E-state index contributed by atoms with van der Waals surface area (Å²) in [4.78, 5) is 35.9. The Balaban J connectivity index is 2.62. The summed E-state index contributed by atoms with van der Waals surface area (Å²) in [5.41, 5.74) is 1.02. The lowest BCUT2D eigenvalue weighted by atomic mass is 10.0. The Hall–Kier alpha value is -2.89. The summed E-state index contributed by atoms with van der Waals surface area (Å²) in [6.45, 7) is 4.57. The van der Waals surface area contributed by atoms with E-state index in [-0.39, 0.29) is 16.4 Å². The van der Waals surface area contributed by atoms with E-state index in [1.54, 1.807) is 6.20 Å². The molecule has 124 valence electrons. The van der Waals surface area contributed by atoms with Crippen molar-refractivity contribution in [3.8, 4) is 0 Å². The topological polar surface area (TPSA) is 89.5 Å². The summed E-state index contributed by atoms with van der Waals surface area (Å²) in [5, 5.41) is 9.85. The molecule has 0 aliphatic rings. The van der Waals surface area contributed by atoms with Crippen molar-refractivity contribution in [3.05, 3.63) is 56.2 Å². The molecule has 3 aromatic rings. The number of aryl methyl sites for hydroxylation is 2. The van der Waals surface area contributed by atoms with E-state index in [9.17, 15) is 14.4 Å². The van der Waals surface area contributed by atoms with Gasteiger partial charge in [-0.15, -0.1) is 0 Å². The molecule has 0 saturated carbocycles. The number of hydrogen-bond donors (Lipinski definition) is 1. The average Bonchev–Trinajstić information content (AvgIpc) is 2.56. The largest absolute Gasteiger partial charge is 0.475 e. The van der Waals surface area contributed by atoms with E-state index in [0.29, 0.717) is 29.4 Å². The van der Waals surface area contributed by atoms with Crippen molar-refractivity contribution < 1.29 is 14.3 Å². The Morgan fingerprint density at radius 2 is 1.92 bits per heavy atom. The van der Waals surface area contributed by atoms with Crippen LogP contribution in [0.5, 0.6) is 0 Å². The SMILES string of the molecule is CCCc1c2oc(C(=O)O)cc(=O)c2cc2c(=O)ccn(CC)c12. The maximum absolute atomic E-state index is 12.3. The summed E-state index contributed by atoms with van der Waals surface area (Å²) in [6, 6.07) is 3.93. The van der Waals surface area contributed by atoms with Gasteiger partial charge in [-0.05, 0) is 19.4 Å². The van der Waals surface area contributed by atoms with Crippen molar-refractivity contribution in [2.75, 3.05) is 0 Å². The van der Waals surface area contributed by atoms with Gasteiger partial charge in [0.25, 0.3) is 0 Å². The third-order valence-corrected chi connectivity index (χ3v) is 4.10. The number of carboxylic acids is 1. The smallest absolute Gasteiger partial charge is 0.371 e. The molecule has 0 spiro atoms. The summed E-state index contributed by atoms with van der Waals surface area (Å²) in [5.74, 6) is -1.69. The van der Waals surface area contributed by atoms with Crippen LogP contribution < -0.4 is 10.9 Å². The molecule has 0 radical (unpaired) electrons. The molecule has 0 unspecified atom stereocenters. The maximum atomic E-state index is 12.3. The minimum absolute atomic E-state index is 0.171. The maximum Gasteiger partial charge on any atom is 0.371 e. The van der Waals surface area contributed by atoms with Gasteiger partial charge in [0.2, 0.25) is 5.76 Å². The number of aromatic carboxylic acids is 1. The van der Waals surface area contributed by atoms with Gasteiger partial charge in [0, 0.05) is 35.8 Å². The molecule has 6 heteroatoms. The third-order valence-electron chi connectivity index (χ3n) is 4.10. The van der Waals surface area contributed by atoms with E-state index >= 15 is 0 Å². The molecule has 0 bridgehead atoms. The zero-order valence-electron chi connectivity index (χ0n) is 13.5. The fraction of sp³-hybridized carbons (Fsp3) is 0.278. The summed E-state index contributed by atoms with van der Waals surface area (Å²) in [7, 11) is 0. The lowest BCUT2D eigenvalue weighted by Gasteiger charge is -2.14. The monoisotopic (exact) mass is 327 g/mol. The van der Waals surface area contributed by atoms with E-state index in [2.05, 4.69) is 0 Å². The van der Waals surface area contributed by atoms with Crippen LogP contribution in [0.4, 0.5) is 0 Å². The number of benzene rings is 1. The molecule has 0 fully saturated rings. The van der Waals surface area contributed by atoms with E-state index in [1.807, 2.05) is 18.4 Å².